The number of nitrogens with zero attached hydrogens (tertiary/aromatic N) is 4. The van der Waals surface area contributed by atoms with Gasteiger partial charge in [0, 0.05) is 18.0 Å². The molecule has 0 saturated carbocycles. The van der Waals surface area contributed by atoms with Crippen LogP contribution in [0, 0.1) is 5.82 Å². The predicted octanol–water partition coefficient (Wildman–Crippen LogP) is 1.49. The van der Waals surface area contributed by atoms with Crippen molar-refractivity contribution in [2.45, 2.75) is 37.8 Å². The number of fused-ring (bicyclic) bond motifs is 4. The summed E-state index contributed by atoms with van der Waals surface area (Å²) in [5.74, 6) is 0.0668. The predicted molar refractivity (Wildman–Crippen MR) is 115 cm³/mol. The average molecular weight is 463 g/mol. The highest BCUT2D eigenvalue weighted by molar-refractivity contribution is 7.15. The van der Waals surface area contributed by atoms with E-state index < -0.39 is 6.35 Å². The van der Waals surface area contributed by atoms with Crippen molar-refractivity contribution in [3.63, 3.8) is 0 Å². The van der Waals surface area contributed by atoms with Crippen molar-refractivity contribution in [3.05, 3.63) is 40.7 Å². The lowest BCUT2D eigenvalue weighted by molar-refractivity contribution is 0.0570. The number of halogens is 1. The summed E-state index contributed by atoms with van der Waals surface area (Å²) in [6.45, 7) is 2.62. The molecule has 2 aromatic heterocycles. The van der Waals surface area contributed by atoms with Gasteiger partial charge in [0.05, 0.1) is 42.5 Å². The monoisotopic (exact) mass is 462 g/mol. The Hall–Kier alpha value is -2.64. The molecule has 2 aliphatic rings. The van der Waals surface area contributed by atoms with Crippen LogP contribution in [-0.4, -0.2) is 63.6 Å². The van der Waals surface area contributed by atoms with Crippen molar-refractivity contribution in [1.29, 1.82) is 0 Å². The third-order valence-electron chi connectivity index (χ3n) is 5.49. The smallest absolute Gasteiger partial charge is 0.325 e. The number of hydrogen-bond acceptors (Lipinski definition) is 11. The van der Waals surface area contributed by atoms with E-state index >= 15 is 0 Å². The van der Waals surface area contributed by atoms with Crippen LogP contribution in [0.3, 0.4) is 0 Å². The van der Waals surface area contributed by atoms with Gasteiger partial charge in [-0.1, -0.05) is 16.5 Å². The number of hydrogen-bond donors (Lipinski definition) is 4. The van der Waals surface area contributed by atoms with Gasteiger partial charge < -0.3 is 29.7 Å². The average Bonchev–Trinajstić information content (AvgIpc) is 3.41. The molecule has 0 radical (unpaired) electrons. The van der Waals surface area contributed by atoms with Gasteiger partial charge in [-0.3, -0.25) is 5.32 Å². The van der Waals surface area contributed by atoms with Crippen LogP contribution in [0.2, 0.25) is 0 Å². The number of thiazole rings is 1. The Labute approximate surface area is 187 Å². The lowest BCUT2D eigenvalue weighted by atomic mass is 9.97. The molecule has 1 aromatic carbocycles. The number of anilines is 2. The van der Waals surface area contributed by atoms with Gasteiger partial charge in [0.1, 0.15) is 5.82 Å². The molecule has 4 heterocycles. The zero-order chi connectivity index (χ0) is 22.2. The second-order valence-electron chi connectivity index (χ2n) is 7.85. The van der Waals surface area contributed by atoms with E-state index in [4.69, 9.17) is 14.4 Å². The van der Waals surface area contributed by atoms with Crippen molar-refractivity contribution in [1.82, 2.24) is 20.4 Å². The van der Waals surface area contributed by atoms with Crippen LogP contribution in [0.25, 0.3) is 11.4 Å². The molecule has 170 valence electrons. The Morgan fingerprint density at radius 2 is 2.09 bits per heavy atom. The highest BCUT2D eigenvalue weighted by Gasteiger charge is 2.43. The topological polar surface area (TPSA) is 129 Å². The highest BCUT2D eigenvalue weighted by atomic mass is 32.1. The molecule has 1 fully saturated rings. The Bertz CT molecular complexity index is 1080. The summed E-state index contributed by atoms with van der Waals surface area (Å²) in [6, 6.07) is 5.90. The third-order valence-corrected chi connectivity index (χ3v) is 6.62. The molecule has 0 spiro atoms. The quantitative estimate of drug-likeness (QED) is 0.383. The van der Waals surface area contributed by atoms with Crippen LogP contribution in [0.15, 0.2) is 28.8 Å². The standard InChI is InChI=1S/C20H23FN6O4S/c1-10(7-28)22-18(29)25-19-23-14-6-13-8-30-9-15(16(14)32-19)27(13)20-24-17(26-31-20)11-2-4-12(21)5-3-11/h2-5,10,13,15,18,22,28-29H,6-9H2,1H3,(H,23,25)/t10-,13?,15?,18?/m1/s1. The largest absolute Gasteiger partial charge is 0.395 e. The Morgan fingerprint density at radius 3 is 2.88 bits per heavy atom. The Kier molecular flexibility index (Phi) is 5.78. The van der Waals surface area contributed by atoms with Gasteiger partial charge in [-0.25, -0.2) is 9.37 Å². The van der Waals surface area contributed by atoms with Crippen molar-refractivity contribution in [3.8, 4) is 11.4 Å². The summed E-state index contributed by atoms with van der Waals surface area (Å²) >= 11 is 1.43. The van der Waals surface area contributed by atoms with Gasteiger partial charge in [0.15, 0.2) is 11.5 Å². The molecule has 1 saturated heterocycles. The summed E-state index contributed by atoms with van der Waals surface area (Å²) in [7, 11) is 0. The van der Waals surface area contributed by atoms with E-state index in [1.54, 1.807) is 19.1 Å². The first-order chi connectivity index (χ1) is 15.5. The van der Waals surface area contributed by atoms with E-state index in [1.165, 1.54) is 23.5 Å². The molecule has 4 atom stereocenters. The van der Waals surface area contributed by atoms with Crippen LogP contribution >= 0.6 is 11.3 Å². The summed E-state index contributed by atoms with van der Waals surface area (Å²) in [4.78, 5) is 12.3. The first-order valence-corrected chi connectivity index (χ1v) is 11.1. The maximum absolute atomic E-state index is 13.2. The van der Waals surface area contributed by atoms with Gasteiger partial charge in [-0.2, -0.15) is 4.98 Å². The molecule has 10 nitrogen and oxygen atoms in total. The number of aliphatic hydroxyl groups excluding tert-OH is 2. The van der Waals surface area contributed by atoms with Gasteiger partial charge in [0.2, 0.25) is 5.82 Å². The van der Waals surface area contributed by atoms with E-state index in [0.717, 1.165) is 10.6 Å². The van der Waals surface area contributed by atoms with Crippen LogP contribution in [0.5, 0.6) is 0 Å². The lowest BCUT2D eigenvalue weighted by Crippen LogP contribution is -2.51. The highest BCUT2D eigenvalue weighted by Crippen LogP contribution is 2.43. The number of aliphatic hydroxyl groups is 2. The molecule has 3 unspecified atom stereocenters. The fourth-order valence-electron chi connectivity index (χ4n) is 3.95. The second kappa shape index (κ2) is 8.71. The van der Waals surface area contributed by atoms with E-state index in [-0.39, 0.29) is 30.5 Å². The maximum Gasteiger partial charge on any atom is 0.325 e. The zero-order valence-corrected chi connectivity index (χ0v) is 18.0. The van der Waals surface area contributed by atoms with Gasteiger partial charge in [0.25, 0.3) is 0 Å². The lowest BCUT2D eigenvalue weighted by Gasteiger charge is -2.43. The van der Waals surface area contributed by atoms with Crippen molar-refractivity contribution in [2.24, 2.45) is 0 Å². The maximum atomic E-state index is 13.2. The number of aromatic nitrogens is 3. The Balaban J connectivity index is 1.38. The third kappa shape index (κ3) is 4.07. The van der Waals surface area contributed by atoms with E-state index in [0.29, 0.717) is 42.2 Å². The van der Waals surface area contributed by atoms with E-state index in [9.17, 15) is 9.50 Å². The fourth-order valence-corrected chi connectivity index (χ4v) is 5.05. The molecule has 3 aromatic rings. The van der Waals surface area contributed by atoms with Crippen molar-refractivity contribution in [2.75, 3.05) is 30.0 Å². The minimum atomic E-state index is -1.04. The second-order valence-corrected chi connectivity index (χ2v) is 8.88. The minimum Gasteiger partial charge on any atom is -0.395 e. The minimum absolute atomic E-state index is 0.0184. The van der Waals surface area contributed by atoms with Crippen LogP contribution in [0.4, 0.5) is 15.5 Å². The molecule has 2 bridgehead atoms. The SMILES string of the molecule is C[C@H](CO)NC(O)Nc1nc2c(s1)C1COCC(C2)N1c1nc(-c2ccc(F)cc2)no1. The number of nitrogens with one attached hydrogen (secondary N) is 2. The number of morpholine rings is 1. The van der Waals surface area contributed by atoms with Crippen molar-refractivity contribution >= 4 is 22.5 Å². The van der Waals surface area contributed by atoms with Gasteiger partial charge in [-0.05, 0) is 31.2 Å². The summed E-state index contributed by atoms with van der Waals surface area (Å²) in [5.41, 5.74) is 1.62. The number of benzene rings is 1. The first kappa shape index (κ1) is 21.2. The molecular formula is C20H23FN6O4S. The first-order valence-electron chi connectivity index (χ1n) is 10.3. The molecule has 12 heteroatoms. The molecule has 4 N–H and O–H groups in total. The van der Waals surface area contributed by atoms with E-state index in [1.807, 2.05) is 0 Å². The molecule has 5 rings (SSSR count). The van der Waals surface area contributed by atoms with E-state index in [2.05, 4.69) is 30.7 Å². The van der Waals surface area contributed by atoms with Crippen LogP contribution < -0.4 is 15.5 Å². The van der Waals surface area contributed by atoms with Crippen molar-refractivity contribution < 1.29 is 23.9 Å². The molecule has 32 heavy (non-hydrogen) atoms. The summed E-state index contributed by atoms with van der Waals surface area (Å²) < 4.78 is 24.6. The molecule has 0 aliphatic carbocycles. The van der Waals surface area contributed by atoms with Gasteiger partial charge >= 0.3 is 6.01 Å². The van der Waals surface area contributed by atoms with Crippen LogP contribution in [0.1, 0.15) is 23.5 Å². The summed E-state index contributed by atoms with van der Waals surface area (Å²) in [5, 5.41) is 29.7. The summed E-state index contributed by atoms with van der Waals surface area (Å²) in [6.07, 6.45) is -0.403. The van der Waals surface area contributed by atoms with Gasteiger partial charge in [-0.15, -0.1) is 0 Å². The number of rotatable bonds is 7. The molecular weight excluding hydrogens is 439 g/mol. The molecule has 2 aliphatic heterocycles. The Morgan fingerprint density at radius 1 is 1.28 bits per heavy atom. The van der Waals surface area contributed by atoms with Crippen LogP contribution in [-0.2, 0) is 11.2 Å². The molecule has 0 amide bonds. The fraction of sp³-hybridized carbons (Fsp3) is 0.450. The normalized spacial score (nSPS) is 21.8. The number of ether oxygens (including phenoxy) is 1. The zero-order valence-electron chi connectivity index (χ0n) is 17.2.